The Hall–Kier alpha value is -2.86. The molecule has 1 aliphatic rings. The molecule has 2 amide bonds. The van der Waals surface area contributed by atoms with E-state index in [2.05, 4.69) is 13.5 Å². The number of amides is 2. The Labute approximate surface area is 197 Å². The van der Waals surface area contributed by atoms with E-state index in [1.54, 1.807) is 22.1 Å². The summed E-state index contributed by atoms with van der Waals surface area (Å²) in [6.07, 6.45) is 9.77. The maximum Gasteiger partial charge on any atom is 0.254 e. The molecule has 0 bridgehead atoms. The largest absolute Gasteiger partial charge is 0.467 e. The molecule has 0 radical (unpaired) electrons. The lowest BCUT2D eigenvalue weighted by Gasteiger charge is -2.28. The Bertz CT molecular complexity index is 870. The van der Waals surface area contributed by atoms with E-state index in [-0.39, 0.29) is 24.5 Å². The topological polar surface area (TPSA) is 63.0 Å². The third kappa shape index (κ3) is 7.60. The highest BCUT2D eigenvalue weighted by molar-refractivity contribution is 5.96. The molecule has 0 saturated carbocycles. The number of aryl methyl sites for hydroxylation is 1. The van der Waals surface area contributed by atoms with Gasteiger partial charge in [-0.2, -0.15) is 0 Å². The summed E-state index contributed by atoms with van der Waals surface area (Å²) in [7, 11) is 0. The Morgan fingerprint density at radius 2 is 1.97 bits per heavy atom. The molecule has 33 heavy (non-hydrogen) atoms. The van der Waals surface area contributed by atoms with Crippen LogP contribution in [0.25, 0.3) is 0 Å². The molecule has 1 aromatic carbocycles. The van der Waals surface area contributed by atoms with Gasteiger partial charge in [-0.15, -0.1) is 6.58 Å². The Kier molecular flexibility index (Phi) is 9.76. The van der Waals surface area contributed by atoms with Gasteiger partial charge in [0.1, 0.15) is 12.3 Å². The molecule has 1 unspecified atom stereocenters. The highest BCUT2D eigenvalue weighted by atomic mass is 16.5. The van der Waals surface area contributed by atoms with Crippen LogP contribution in [0.15, 0.2) is 59.7 Å². The van der Waals surface area contributed by atoms with Crippen LogP contribution in [0.3, 0.4) is 0 Å². The SMILES string of the molecule is C=CCN(CC(=O)N(Cc1ccco1)CC1CCCO1)C(=O)c1ccc(CCCCC)cc1. The van der Waals surface area contributed by atoms with E-state index in [1.807, 2.05) is 36.4 Å². The van der Waals surface area contributed by atoms with Gasteiger partial charge in [0.2, 0.25) is 5.91 Å². The van der Waals surface area contributed by atoms with Crippen LogP contribution in [0.2, 0.25) is 0 Å². The molecule has 2 aromatic rings. The standard InChI is InChI=1S/C27H36N2O4/c1-3-5-6-9-22-12-14-23(15-13-22)27(31)28(16-4-2)21-26(30)29(19-24-10-7-17-32-24)20-25-11-8-18-33-25/h4,7,10,12-15,17,25H,2-3,5-6,8-9,11,16,18-21H2,1H3. The zero-order valence-corrected chi connectivity index (χ0v) is 19.7. The van der Waals surface area contributed by atoms with Gasteiger partial charge in [-0.05, 0) is 55.5 Å². The lowest BCUT2D eigenvalue weighted by Crippen LogP contribution is -2.45. The van der Waals surface area contributed by atoms with Crippen molar-refractivity contribution in [2.45, 2.75) is 58.1 Å². The van der Waals surface area contributed by atoms with Gasteiger partial charge in [0.25, 0.3) is 5.91 Å². The number of nitrogens with zero attached hydrogens (tertiary/aromatic N) is 2. The van der Waals surface area contributed by atoms with Crippen molar-refractivity contribution >= 4 is 11.8 Å². The van der Waals surface area contributed by atoms with Crippen molar-refractivity contribution in [3.8, 4) is 0 Å². The second kappa shape index (κ2) is 13.0. The van der Waals surface area contributed by atoms with E-state index >= 15 is 0 Å². The Morgan fingerprint density at radius 1 is 1.15 bits per heavy atom. The van der Waals surface area contributed by atoms with Crippen LogP contribution in [0, 0.1) is 0 Å². The van der Waals surface area contributed by atoms with E-state index in [0.717, 1.165) is 32.3 Å². The van der Waals surface area contributed by atoms with Gasteiger partial charge in [0.05, 0.1) is 18.9 Å². The van der Waals surface area contributed by atoms with Crippen LogP contribution in [0.5, 0.6) is 0 Å². The average Bonchev–Trinajstić information content (AvgIpc) is 3.53. The molecule has 1 fully saturated rings. The van der Waals surface area contributed by atoms with Crippen molar-refractivity contribution in [2.24, 2.45) is 0 Å². The fourth-order valence-corrected chi connectivity index (χ4v) is 4.09. The van der Waals surface area contributed by atoms with Crippen molar-refractivity contribution in [3.63, 3.8) is 0 Å². The molecule has 6 heteroatoms. The van der Waals surface area contributed by atoms with Gasteiger partial charge < -0.3 is 19.0 Å². The summed E-state index contributed by atoms with van der Waals surface area (Å²) in [5.74, 6) is 0.410. The summed E-state index contributed by atoms with van der Waals surface area (Å²) in [4.78, 5) is 29.7. The van der Waals surface area contributed by atoms with Crippen LogP contribution >= 0.6 is 0 Å². The Morgan fingerprint density at radius 3 is 2.61 bits per heavy atom. The van der Waals surface area contributed by atoms with Gasteiger partial charge >= 0.3 is 0 Å². The maximum absolute atomic E-state index is 13.3. The minimum atomic E-state index is -0.168. The summed E-state index contributed by atoms with van der Waals surface area (Å²) in [5.41, 5.74) is 1.81. The minimum absolute atomic E-state index is 0.0173. The first-order valence-corrected chi connectivity index (χ1v) is 12.0. The van der Waals surface area contributed by atoms with E-state index < -0.39 is 0 Å². The normalized spacial score (nSPS) is 15.4. The zero-order valence-electron chi connectivity index (χ0n) is 19.7. The number of furan rings is 1. The molecular formula is C27H36N2O4. The predicted octanol–water partition coefficient (Wildman–Crippen LogP) is 4.85. The molecule has 2 heterocycles. The van der Waals surface area contributed by atoms with Gasteiger partial charge in [-0.25, -0.2) is 0 Å². The quantitative estimate of drug-likeness (QED) is 0.322. The second-order valence-electron chi connectivity index (χ2n) is 8.62. The maximum atomic E-state index is 13.3. The fraction of sp³-hybridized carbons (Fsp3) is 0.481. The molecule has 1 aliphatic heterocycles. The van der Waals surface area contributed by atoms with Gasteiger partial charge in [0, 0.05) is 25.3 Å². The summed E-state index contributed by atoms with van der Waals surface area (Å²) in [5, 5.41) is 0. The molecule has 1 saturated heterocycles. The number of carbonyl (C=O) groups is 2. The van der Waals surface area contributed by atoms with E-state index in [0.29, 0.717) is 31.0 Å². The monoisotopic (exact) mass is 452 g/mol. The highest BCUT2D eigenvalue weighted by Crippen LogP contribution is 2.17. The summed E-state index contributed by atoms with van der Waals surface area (Å²) < 4.78 is 11.2. The van der Waals surface area contributed by atoms with Crippen molar-refractivity contribution in [3.05, 3.63) is 72.2 Å². The van der Waals surface area contributed by atoms with Crippen molar-refractivity contribution in [1.29, 1.82) is 0 Å². The van der Waals surface area contributed by atoms with Crippen molar-refractivity contribution < 1.29 is 18.7 Å². The molecule has 6 nitrogen and oxygen atoms in total. The van der Waals surface area contributed by atoms with Gasteiger partial charge in [-0.3, -0.25) is 9.59 Å². The first kappa shape index (κ1) is 24.8. The number of hydrogen-bond acceptors (Lipinski definition) is 4. The van der Waals surface area contributed by atoms with Crippen molar-refractivity contribution in [2.75, 3.05) is 26.2 Å². The Balaban J connectivity index is 1.66. The molecule has 0 N–H and O–H groups in total. The lowest BCUT2D eigenvalue weighted by atomic mass is 10.0. The number of rotatable bonds is 13. The van der Waals surface area contributed by atoms with Crippen LogP contribution < -0.4 is 0 Å². The van der Waals surface area contributed by atoms with Gasteiger partial charge in [-0.1, -0.05) is 38.0 Å². The first-order valence-electron chi connectivity index (χ1n) is 12.0. The van der Waals surface area contributed by atoms with Crippen molar-refractivity contribution in [1.82, 2.24) is 9.80 Å². The summed E-state index contributed by atoms with van der Waals surface area (Å²) in [6.45, 7) is 7.82. The average molecular weight is 453 g/mol. The number of hydrogen-bond donors (Lipinski definition) is 0. The molecule has 0 aliphatic carbocycles. The summed E-state index contributed by atoms with van der Waals surface area (Å²) >= 11 is 0. The molecule has 1 atom stereocenters. The fourth-order valence-electron chi connectivity index (χ4n) is 4.09. The number of benzene rings is 1. The lowest BCUT2D eigenvalue weighted by molar-refractivity contribution is -0.134. The van der Waals surface area contributed by atoms with Gasteiger partial charge in [0.15, 0.2) is 0 Å². The molecule has 0 spiro atoms. The molecule has 178 valence electrons. The second-order valence-corrected chi connectivity index (χ2v) is 8.62. The number of carbonyl (C=O) groups excluding carboxylic acids is 2. The molecule has 3 rings (SSSR count). The number of unbranched alkanes of at least 4 members (excludes halogenated alkanes) is 2. The predicted molar refractivity (Wildman–Crippen MR) is 129 cm³/mol. The zero-order chi connectivity index (χ0) is 23.5. The number of ether oxygens (including phenoxy) is 1. The van der Waals surface area contributed by atoms with E-state index in [9.17, 15) is 9.59 Å². The smallest absolute Gasteiger partial charge is 0.254 e. The van der Waals surface area contributed by atoms with Crippen LogP contribution in [-0.2, 0) is 22.5 Å². The van der Waals surface area contributed by atoms with E-state index in [4.69, 9.17) is 9.15 Å². The third-order valence-corrected chi connectivity index (χ3v) is 5.96. The third-order valence-electron chi connectivity index (χ3n) is 5.96. The summed E-state index contributed by atoms with van der Waals surface area (Å²) in [6, 6.07) is 11.4. The van der Waals surface area contributed by atoms with Crippen LogP contribution in [0.1, 0.15) is 60.7 Å². The molecular weight excluding hydrogens is 416 g/mol. The van der Waals surface area contributed by atoms with E-state index in [1.165, 1.54) is 18.4 Å². The molecule has 1 aromatic heterocycles. The minimum Gasteiger partial charge on any atom is -0.467 e. The highest BCUT2D eigenvalue weighted by Gasteiger charge is 2.26. The first-order chi connectivity index (χ1) is 16.1. The van der Waals surface area contributed by atoms with Crippen LogP contribution in [0.4, 0.5) is 0 Å². The van der Waals surface area contributed by atoms with Crippen LogP contribution in [-0.4, -0.2) is 54.0 Å².